The van der Waals surface area contributed by atoms with E-state index < -0.39 is 22.8 Å². The van der Waals surface area contributed by atoms with Gasteiger partial charge in [-0.3, -0.25) is 19.7 Å². The number of carbonyl (C=O) groups excluding carboxylic acids is 3. The van der Waals surface area contributed by atoms with Gasteiger partial charge in [0.1, 0.15) is 5.75 Å². The summed E-state index contributed by atoms with van der Waals surface area (Å²) in [6.45, 7) is 3.11. The van der Waals surface area contributed by atoms with Crippen LogP contribution in [0.4, 0.5) is 11.4 Å². The second-order valence-corrected chi connectivity index (χ2v) is 6.49. The average Bonchev–Trinajstić information content (AvgIpc) is 2.73. The third-order valence-corrected chi connectivity index (χ3v) is 4.26. The minimum atomic E-state index is -0.584. The van der Waals surface area contributed by atoms with Crippen molar-refractivity contribution in [2.24, 2.45) is 0 Å². The molecule has 0 heterocycles. The van der Waals surface area contributed by atoms with Gasteiger partial charge in [0.25, 0.3) is 11.6 Å². The second-order valence-electron chi connectivity index (χ2n) is 6.49. The van der Waals surface area contributed by atoms with Crippen molar-refractivity contribution in [3.8, 4) is 5.75 Å². The van der Waals surface area contributed by atoms with Gasteiger partial charge in [-0.15, -0.1) is 0 Å². The minimum absolute atomic E-state index is 0.118. The minimum Gasteiger partial charge on any atom is -0.462 e. The highest BCUT2D eigenvalue weighted by Gasteiger charge is 2.16. The number of amides is 1. The van der Waals surface area contributed by atoms with E-state index in [2.05, 4.69) is 5.32 Å². The Kier molecular flexibility index (Phi) is 6.25. The quantitative estimate of drug-likeness (QED) is 0.274. The molecule has 31 heavy (non-hydrogen) atoms. The number of hydrogen-bond acceptors (Lipinski definition) is 7. The van der Waals surface area contributed by atoms with Crippen LogP contribution in [0.3, 0.4) is 0 Å². The molecule has 0 aromatic heterocycles. The summed E-state index contributed by atoms with van der Waals surface area (Å²) in [5, 5.41) is 14.7. The van der Waals surface area contributed by atoms with Crippen molar-refractivity contribution in [3.05, 3.63) is 75.8 Å². The molecular formula is C22H18N2O7. The van der Waals surface area contributed by atoms with Crippen molar-refractivity contribution < 1.29 is 28.8 Å². The lowest BCUT2D eigenvalue weighted by Gasteiger charge is -2.12. The van der Waals surface area contributed by atoms with E-state index in [9.17, 15) is 24.5 Å². The first-order valence-corrected chi connectivity index (χ1v) is 9.27. The highest BCUT2D eigenvalue weighted by Crippen LogP contribution is 2.31. The first kappa shape index (κ1) is 21.4. The smallest absolute Gasteiger partial charge is 0.338 e. The molecule has 0 saturated carbocycles. The molecule has 3 rings (SSSR count). The van der Waals surface area contributed by atoms with E-state index in [1.54, 1.807) is 31.2 Å². The summed E-state index contributed by atoms with van der Waals surface area (Å²) in [6.07, 6.45) is 0. The molecule has 9 heteroatoms. The van der Waals surface area contributed by atoms with Crippen LogP contribution in [0.15, 0.2) is 54.6 Å². The monoisotopic (exact) mass is 422 g/mol. The summed E-state index contributed by atoms with van der Waals surface area (Å²) in [7, 11) is 0. The maximum Gasteiger partial charge on any atom is 0.338 e. The van der Waals surface area contributed by atoms with Crippen LogP contribution in [-0.4, -0.2) is 29.4 Å². The number of fused-ring (bicyclic) bond motifs is 1. The number of non-ortho nitro benzene ring substituents is 1. The summed E-state index contributed by atoms with van der Waals surface area (Å²) >= 11 is 0. The zero-order valence-corrected chi connectivity index (χ0v) is 16.7. The van der Waals surface area contributed by atoms with E-state index in [1.165, 1.54) is 37.3 Å². The Hall–Kier alpha value is -4.27. The lowest BCUT2D eigenvalue weighted by Crippen LogP contribution is -2.12. The summed E-state index contributed by atoms with van der Waals surface area (Å²) in [4.78, 5) is 46.5. The Balaban J connectivity index is 1.97. The average molecular weight is 422 g/mol. The van der Waals surface area contributed by atoms with Gasteiger partial charge >= 0.3 is 11.9 Å². The number of hydrogen-bond donors (Lipinski definition) is 1. The van der Waals surface area contributed by atoms with Gasteiger partial charge in [-0.2, -0.15) is 0 Å². The van der Waals surface area contributed by atoms with Gasteiger partial charge in [0.15, 0.2) is 0 Å². The zero-order chi connectivity index (χ0) is 22.5. The molecule has 0 unspecified atom stereocenters. The predicted octanol–water partition coefficient (Wildman–Crippen LogP) is 4.10. The molecule has 1 amide bonds. The molecule has 9 nitrogen and oxygen atoms in total. The van der Waals surface area contributed by atoms with Crippen molar-refractivity contribution in [2.75, 3.05) is 11.9 Å². The number of rotatable bonds is 6. The molecule has 0 spiro atoms. The van der Waals surface area contributed by atoms with Crippen LogP contribution in [0.25, 0.3) is 10.8 Å². The molecule has 0 aliphatic rings. The summed E-state index contributed by atoms with van der Waals surface area (Å²) in [5.41, 5.74) is 0.516. The number of anilines is 1. The fourth-order valence-corrected chi connectivity index (χ4v) is 2.94. The Morgan fingerprint density at radius 3 is 2.48 bits per heavy atom. The Bertz CT molecular complexity index is 1200. The standard InChI is InChI=1S/C22H18N2O7/c1-3-30-22(27)16-9-14-7-8-17(12-19(14)20(11-16)31-13(2)25)23-21(26)15-5-4-6-18(10-15)24(28)29/h4-12H,3H2,1-2H3,(H,23,26). The normalized spacial score (nSPS) is 10.4. The number of carbonyl (C=O) groups is 3. The number of nitrogens with one attached hydrogen (secondary N) is 1. The van der Waals surface area contributed by atoms with Gasteiger partial charge in [-0.05, 0) is 42.6 Å². The van der Waals surface area contributed by atoms with Crippen LogP contribution in [0.1, 0.15) is 34.6 Å². The first-order chi connectivity index (χ1) is 14.8. The van der Waals surface area contributed by atoms with E-state index in [1.807, 2.05) is 0 Å². The Labute approximate surface area is 176 Å². The summed E-state index contributed by atoms with van der Waals surface area (Å²) in [5.74, 6) is -1.53. The molecule has 0 radical (unpaired) electrons. The van der Waals surface area contributed by atoms with Crippen LogP contribution in [0, 0.1) is 10.1 Å². The number of benzene rings is 3. The number of ether oxygens (including phenoxy) is 2. The van der Waals surface area contributed by atoms with Crippen LogP contribution in [0.5, 0.6) is 5.75 Å². The molecule has 3 aromatic carbocycles. The highest BCUT2D eigenvalue weighted by molar-refractivity contribution is 6.06. The third-order valence-electron chi connectivity index (χ3n) is 4.26. The number of nitrogens with zero attached hydrogens (tertiary/aromatic N) is 1. The SMILES string of the molecule is CCOC(=O)c1cc(OC(C)=O)c2cc(NC(=O)c3cccc([N+](=O)[O-])c3)ccc2c1. The number of nitro groups is 1. The highest BCUT2D eigenvalue weighted by atomic mass is 16.6. The lowest BCUT2D eigenvalue weighted by molar-refractivity contribution is -0.384. The predicted molar refractivity (Wildman–Crippen MR) is 112 cm³/mol. The van der Waals surface area contributed by atoms with E-state index >= 15 is 0 Å². The molecule has 0 bridgehead atoms. The zero-order valence-electron chi connectivity index (χ0n) is 16.7. The van der Waals surface area contributed by atoms with Crippen LogP contribution < -0.4 is 10.1 Å². The van der Waals surface area contributed by atoms with Crippen molar-refractivity contribution >= 4 is 40.0 Å². The molecule has 0 fully saturated rings. The molecule has 0 atom stereocenters. The van der Waals surface area contributed by atoms with Crippen molar-refractivity contribution in [1.82, 2.24) is 0 Å². The molecule has 3 aromatic rings. The topological polar surface area (TPSA) is 125 Å². The molecule has 0 saturated heterocycles. The number of nitro benzene ring substituents is 1. The van der Waals surface area contributed by atoms with Gasteiger partial charge in [-0.1, -0.05) is 12.1 Å². The van der Waals surface area contributed by atoms with E-state index in [0.29, 0.717) is 16.5 Å². The van der Waals surface area contributed by atoms with Crippen LogP contribution >= 0.6 is 0 Å². The Morgan fingerprint density at radius 1 is 1.03 bits per heavy atom. The number of esters is 2. The molecule has 0 aliphatic heterocycles. The van der Waals surface area contributed by atoms with Gasteiger partial charge in [0.2, 0.25) is 0 Å². The van der Waals surface area contributed by atoms with Crippen LogP contribution in [0.2, 0.25) is 0 Å². The maximum absolute atomic E-state index is 12.5. The Morgan fingerprint density at radius 2 is 1.81 bits per heavy atom. The van der Waals surface area contributed by atoms with Crippen molar-refractivity contribution in [2.45, 2.75) is 13.8 Å². The van der Waals surface area contributed by atoms with E-state index in [4.69, 9.17) is 9.47 Å². The fourth-order valence-electron chi connectivity index (χ4n) is 2.94. The van der Waals surface area contributed by atoms with Crippen molar-refractivity contribution in [3.63, 3.8) is 0 Å². The lowest BCUT2D eigenvalue weighted by atomic mass is 10.0. The van der Waals surface area contributed by atoms with Gasteiger partial charge in [0.05, 0.1) is 17.1 Å². The fraction of sp³-hybridized carbons (Fsp3) is 0.136. The third kappa shape index (κ3) is 5.02. The molecular weight excluding hydrogens is 404 g/mol. The molecule has 158 valence electrons. The molecule has 0 aliphatic carbocycles. The van der Waals surface area contributed by atoms with Gasteiger partial charge < -0.3 is 14.8 Å². The first-order valence-electron chi connectivity index (χ1n) is 9.27. The maximum atomic E-state index is 12.5. The van der Waals surface area contributed by atoms with Crippen LogP contribution in [-0.2, 0) is 9.53 Å². The van der Waals surface area contributed by atoms with Gasteiger partial charge in [0, 0.05) is 35.7 Å². The summed E-state index contributed by atoms with van der Waals surface area (Å²) < 4.78 is 10.3. The second kappa shape index (κ2) is 9.04. The van der Waals surface area contributed by atoms with Crippen molar-refractivity contribution in [1.29, 1.82) is 0 Å². The largest absolute Gasteiger partial charge is 0.462 e. The molecule has 1 N–H and O–H groups in total. The van der Waals surface area contributed by atoms with Gasteiger partial charge in [-0.25, -0.2) is 4.79 Å². The van der Waals surface area contributed by atoms with E-state index in [0.717, 1.165) is 0 Å². The summed E-state index contributed by atoms with van der Waals surface area (Å²) in [6, 6.07) is 13.2. The van der Waals surface area contributed by atoms with E-state index in [-0.39, 0.29) is 29.2 Å².